The molecule has 0 saturated carbocycles. The van der Waals surface area contributed by atoms with E-state index in [4.69, 9.17) is 0 Å². The molecule has 4 aromatic rings. The molecule has 1 aromatic carbocycles. The molecule has 32 heavy (non-hydrogen) atoms. The van der Waals surface area contributed by atoms with Gasteiger partial charge in [-0.15, -0.1) is 0 Å². The molecule has 0 radical (unpaired) electrons. The number of hydrogen-bond acceptors (Lipinski definition) is 6. The first-order valence-corrected chi connectivity index (χ1v) is 11.9. The molecule has 5 rings (SSSR count). The van der Waals surface area contributed by atoms with E-state index in [9.17, 15) is 14.0 Å². The van der Waals surface area contributed by atoms with E-state index in [1.165, 1.54) is 41.3 Å². The van der Waals surface area contributed by atoms with E-state index in [1.54, 1.807) is 23.6 Å². The van der Waals surface area contributed by atoms with Crippen LogP contribution in [0.5, 0.6) is 0 Å². The van der Waals surface area contributed by atoms with Gasteiger partial charge in [0.05, 0.1) is 18.3 Å². The van der Waals surface area contributed by atoms with Crippen molar-refractivity contribution in [3.63, 3.8) is 0 Å². The minimum Gasteiger partial charge on any atom is -0.351 e. The van der Waals surface area contributed by atoms with Crippen LogP contribution >= 0.6 is 23.1 Å². The van der Waals surface area contributed by atoms with Crippen LogP contribution in [0.2, 0.25) is 0 Å². The minimum absolute atomic E-state index is 0.103. The zero-order valence-corrected chi connectivity index (χ0v) is 19.1. The van der Waals surface area contributed by atoms with Crippen LogP contribution in [0.15, 0.2) is 46.5 Å². The van der Waals surface area contributed by atoms with Crippen molar-refractivity contribution in [1.82, 2.24) is 24.3 Å². The van der Waals surface area contributed by atoms with Crippen LogP contribution in [-0.4, -0.2) is 30.6 Å². The minimum atomic E-state index is -0.278. The molecule has 3 aromatic heterocycles. The number of carbonyl (C=O) groups excluding carboxylic acids is 1. The molecule has 1 aliphatic rings. The first kappa shape index (κ1) is 20.9. The Labute approximate surface area is 191 Å². The van der Waals surface area contributed by atoms with Gasteiger partial charge >= 0.3 is 0 Å². The fourth-order valence-electron chi connectivity index (χ4n) is 3.80. The molecule has 4 heterocycles. The highest BCUT2D eigenvalue weighted by atomic mass is 32.2. The lowest BCUT2D eigenvalue weighted by Crippen LogP contribution is -2.30. The molecule has 0 aliphatic carbocycles. The van der Waals surface area contributed by atoms with Crippen LogP contribution in [0, 0.1) is 19.7 Å². The summed E-state index contributed by atoms with van der Waals surface area (Å²) in [5.41, 5.74) is 3.22. The maximum absolute atomic E-state index is 13.2. The largest absolute Gasteiger partial charge is 0.351 e. The van der Waals surface area contributed by atoms with Crippen LogP contribution in [0.4, 0.5) is 4.39 Å². The Morgan fingerprint density at radius 1 is 1.25 bits per heavy atom. The van der Waals surface area contributed by atoms with E-state index in [0.717, 1.165) is 26.8 Å². The van der Waals surface area contributed by atoms with E-state index < -0.39 is 0 Å². The monoisotopic (exact) mass is 469 g/mol. The Kier molecular flexibility index (Phi) is 5.34. The molecular weight excluding hydrogens is 449 g/mol. The summed E-state index contributed by atoms with van der Waals surface area (Å²) in [4.78, 5) is 35.8. The van der Waals surface area contributed by atoms with Crippen molar-refractivity contribution in [2.45, 2.75) is 38.0 Å². The second kappa shape index (κ2) is 8.18. The second-order valence-electron chi connectivity index (χ2n) is 7.73. The lowest BCUT2D eigenvalue weighted by Gasteiger charge is -2.13. The van der Waals surface area contributed by atoms with Gasteiger partial charge in [-0.25, -0.2) is 14.4 Å². The van der Waals surface area contributed by atoms with Crippen molar-refractivity contribution < 1.29 is 9.18 Å². The fraction of sp³-hybridized carbons (Fsp3) is 0.273. The van der Waals surface area contributed by atoms with Gasteiger partial charge in [0, 0.05) is 46.3 Å². The zero-order valence-electron chi connectivity index (χ0n) is 17.5. The third-order valence-corrected chi connectivity index (χ3v) is 7.73. The van der Waals surface area contributed by atoms with Crippen molar-refractivity contribution in [3.05, 3.63) is 69.0 Å². The van der Waals surface area contributed by atoms with E-state index >= 15 is 0 Å². The second-order valence-corrected chi connectivity index (χ2v) is 9.78. The summed E-state index contributed by atoms with van der Waals surface area (Å²) in [5.74, 6) is 0.283. The van der Waals surface area contributed by atoms with E-state index in [1.807, 2.05) is 17.5 Å². The molecular formula is C22H20FN5O2S2. The third-order valence-electron chi connectivity index (χ3n) is 5.48. The highest BCUT2D eigenvalue weighted by Crippen LogP contribution is 2.32. The lowest BCUT2D eigenvalue weighted by molar-refractivity contribution is -0.121. The number of halogens is 1. The average Bonchev–Trinajstić information content (AvgIpc) is 3.42. The molecule has 0 fully saturated rings. The Balaban J connectivity index is 1.26. The maximum Gasteiger partial charge on any atom is 0.254 e. The van der Waals surface area contributed by atoms with E-state index in [-0.39, 0.29) is 29.7 Å². The van der Waals surface area contributed by atoms with Gasteiger partial charge in [-0.05, 0) is 38.1 Å². The number of hydrogen-bond donors (Lipinski definition) is 1. The summed E-state index contributed by atoms with van der Waals surface area (Å²) in [6.07, 6.45) is 2.16. The van der Waals surface area contributed by atoms with Gasteiger partial charge in [0.2, 0.25) is 5.91 Å². The maximum atomic E-state index is 13.2. The normalized spacial score (nSPS) is 15.3. The summed E-state index contributed by atoms with van der Waals surface area (Å²) < 4.78 is 16.8. The molecule has 0 spiro atoms. The predicted octanol–water partition coefficient (Wildman–Crippen LogP) is 3.73. The van der Waals surface area contributed by atoms with Gasteiger partial charge in [0.1, 0.15) is 5.82 Å². The Morgan fingerprint density at radius 2 is 2.03 bits per heavy atom. The van der Waals surface area contributed by atoms with Gasteiger partial charge in [-0.1, -0.05) is 23.1 Å². The number of aryl methyl sites for hydroxylation is 2. The number of carbonyl (C=O) groups is 1. The molecule has 1 N–H and O–H groups in total. The summed E-state index contributed by atoms with van der Waals surface area (Å²) in [6, 6.07) is 7.58. The Bertz CT molecular complexity index is 1390. The first-order valence-electron chi connectivity index (χ1n) is 10.1. The van der Waals surface area contributed by atoms with Crippen molar-refractivity contribution in [3.8, 4) is 11.3 Å². The molecule has 0 saturated heterocycles. The highest BCUT2D eigenvalue weighted by molar-refractivity contribution is 7.99. The third kappa shape index (κ3) is 3.84. The van der Waals surface area contributed by atoms with Gasteiger partial charge in [-0.3, -0.25) is 18.6 Å². The number of benzene rings is 1. The average molecular weight is 470 g/mol. The van der Waals surface area contributed by atoms with Gasteiger partial charge in [0.15, 0.2) is 10.1 Å². The molecule has 1 aliphatic heterocycles. The number of nitrogens with zero attached hydrogens (tertiary/aromatic N) is 4. The first-order chi connectivity index (χ1) is 15.4. The summed E-state index contributed by atoms with van der Waals surface area (Å²) in [7, 11) is 0. The van der Waals surface area contributed by atoms with Crippen molar-refractivity contribution in [2.24, 2.45) is 0 Å². The number of nitrogens with one attached hydrogen (secondary N) is 1. The van der Waals surface area contributed by atoms with Crippen molar-refractivity contribution >= 4 is 34.0 Å². The number of fused-ring (bicyclic) bond motifs is 2. The number of amides is 1. The molecule has 10 heteroatoms. The van der Waals surface area contributed by atoms with Crippen LogP contribution in [0.25, 0.3) is 16.2 Å². The van der Waals surface area contributed by atoms with Crippen LogP contribution < -0.4 is 10.9 Å². The van der Waals surface area contributed by atoms with E-state index in [0.29, 0.717) is 23.1 Å². The number of thioether (sulfide) groups is 1. The molecule has 0 bridgehead atoms. The molecule has 1 amide bonds. The smallest absolute Gasteiger partial charge is 0.254 e. The van der Waals surface area contributed by atoms with Gasteiger partial charge in [-0.2, -0.15) is 0 Å². The summed E-state index contributed by atoms with van der Waals surface area (Å²) >= 11 is 3.02. The molecule has 7 nitrogen and oxygen atoms in total. The zero-order chi connectivity index (χ0) is 22.4. The lowest BCUT2D eigenvalue weighted by atomic mass is 10.2. The molecule has 164 valence electrons. The standard InChI is InChI=1S/C22H20FN5O2S2/c1-12-7-20(30)28-16(11-31-22(28)25-12)8-19(29)24-9-18-13(2)27-10-17(26-21(27)32-18)14-3-5-15(23)6-4-14/h3-7,10,16H,8-9,11H2,1-2H3,(H,24,29). The predicted molar refractivity (Wildman–Crippen MR) is 123 cm³/mol. The number of rotatable bonds is 5. The summed E-state index contributed by atoms with van der Waals surface area (Å²) in [5, 5.41) is 3.66. The summed E-state index contributed by atoms with van der Waals surface area (Å²) in [6.45, 7) is 4.18. The number of aromatic nitrogens is 4. The fourth-order valence-corrected chi connectivity index (χ4v) is 6.03. The van der Waals surface area contributed by atoms with Gasteiger partial charge < -0.3 is 5.32 Å². The van der Waals surface area contributed by atoms with Crippen molar-refractivity contribution in [2.75, 3.05) is 5.75 Å². The molecule has 1 atom stereocenters. The number of imidazole rings is 1. The molecule has 1 unspecified atom stereocenters. The Morgan fingerprint density at radius 3 is 2.78 bits per heavy atom. The van der Waals surface area contributed by atoms with Crippen LogP contribution in [0.3, 0.4) is 0 Å². The van der Waals surface area contributed by atoms with E-state index in [2.05, 4.69) is 15.3 Å². The number of thiazole rings is 1. The van der Waals surface area contributed by atoms with Crippen LogP contribution in [-0.2, 0) is 11.3 Å². The highest BCUT2D eigenvalue weighted by Gasteiger charge is 2.27. The topological polar surface area (TPSA) is 81.3 Å². The van der Waals surface area contributed by atoms with Crippen LogP contribution in [0.1, 0.15) is 28.7 Å². The van der Waals surface area contributed by atoms with Crippen molar-refractivity contribution in [1.29, 1.82) is 0 Å². The van der Waals surface area contributed by atoms with Gasteiger partial charge in [0.25, 0.3) is 5.56 Å². The quantitative estimate of drug-likeness (QED) is 0.451. The SMILES string of the molecule is Cc1cc(=O)n2c(n1)SCC2CC(=O)NCc1sc2nc(-c3ccc(F)cc3)cn2c1C. The Hall–Kier alpha value is -2.98.